The minimum atomic E-state index is 0.0426. The molecule has 5 nitrogen and oxygen atoms in total. The first kappa shape index (κ1) is 15.8. The average molecular weight is 291 g/mol. The van der Waals surface area contributed by atoms with Crippen molar-refractivity contribution in [1.82, 2.24) is 10.2 Å². The lowest BCUT2D eigenvalue weighted by atomic mass is 9.98. The van der Waals surface area contributed by atoms with Gasteiger partial charge in [0.25, 0.3) is 0 Å². The maximum atomic E-state index is 12.4. The largest absolute Gasteiger partial charge is 0.495 e. The van der Waals surface area contributed by atoms with Crippen LogP contribution in [0.3, 0.4) is 0 Å². The van der Waals surface area contributed by atoms with Crippen LogP contribution in [-0.2, 0) is 11.3 Å². The summed E-state index contributed by atoms with van der Waals surface area (Å²) in [7, 11) is 5.67. The molecule has 1 unspecified atom stereocenters. The van der Waals surface area contributed by atoms with Crippen molar-refractivity contribution in [3.63, 3.8) is 0 Å². The van der Waals surface area contributed by atoms with E-state index in [9.17, 15) is 4.79 Å². The maximum absolute atomic E-state index is 12.4. The Hall–Kier alpha value is -1.59. The second kappa shape index (κ2) is 7.43. The van der Waals surface area contributed by atoms with Crippen molar-refractivity contribution in [1.29, 1.82) is 0 Å². The predicted octanol–water partition coefficient (Wildman–Crippen LogP) is 1.69. The maximum Gasteiger partial charge on any atom is 0.228 e. The van der Waals surface area contributed by atoms with Gasteiger partial charge in [-0.3, -0.25) is 4.79 Å². The summed E-state index contributed by atoms with van der Waals surface area (Å²) < 4.78 is 5.35. The van der Waals surface area contributed by atoms with Gasteiger partial charge in [0.05, 0.1) is 18.7 Å². The quantitative estimate of drug-likeness (QED) is 0.867. The summed E-state index contributed by atoms with van der Waals surface area (Å²) in [6, 6.07) is 5.93. The highest BCUT2D eigenvalue weighted by Gasteiger charge is 2.21. The Balaban J connectivity index is 2.10. The Morgan fingerprint density at radius 3 is 2.90 bits per heavy atom. The van der Waals surface area contributed by atoms with Gasteiger partial charge in [0, 0.05) is 13.1 Å². The molecule has 0 radical (unpaired) electrons. The fourth-order valence-electron chi connectivity index (χ4n) is 2.63. The summed E-state index contributed by atoms with van der Waals surface area (Å²) >= 11 is 0. The van der Waals surface area contributed by atoms with E-state index in [2.05, 4.69) is 15.5 Å². The fourth-order valence-corrected chi connectivity index (χ4v) is 2.63. The summed E-state index contributed by atoms with van der Waals surface area (Å²) in [5, 5.41) is 6.29. The van der Waals surface area contributed by atoms with Gasteiger partial charge >= 0.3 is 0 Å². The van der Waals surface area contributed by atoms with Crippen LogP contribution in [0.4, 0.5) is 5.69 Å². The lowest BCUT2D eigenvalue weighted by Gasteiger charge is -2.22. The van der Waals surface area contributed by atoms with E-state index in [1.807, 2.05) is 32.3 Å². The number of piperidine rings is 1. The first-order chi connectivity index (χ1) is 10.1. The van der Waals surface area contributed by atoms with Crippen LogP contribution in [0.5, 0.6) is 5.75 Å². The van der Waals surface area contributed by atoms with Crippen LogP contribution in [0.25, 0.3) is 0 Å². The number of carbonyl (C=O) groups excluding carboxylic acids is 1. The van der Waals surface area contributed by atoms with Gasteiger partial charge in [0.2, 0.25) is 5.91 Å². The third-order valence-corrected chi connectivity index (χ3v) is 3.69. The molecule has 1 fully saturated rings. The van der Waals surface area contributed by atoms with Gasteiger partial charge in [0.15, 0.2) is 0 Å². The summed E-state index contributed by atoms with van der Waals surface area (Å²) in [4.78, 5) is 14.4. The highest BCUT2D eigenvalue weighted by molar-refractivity contribution is 5.94. The van der Waals surface area contributed by atoms with Crippen molar-refractivity contribution < 1.29 is 9.53 Å². The van der Waals surface area contributed by atoms with Gasteiger partial charge in [-0.25, -0.2) is 0 Å². The lowest BCUT2D eigenvalue weighted by molar-refractivity contribution is -0.120. The van der Waals surface area contributed by atoms with Crippen LogP contribution >= 0.6 is 0 Å². The van der Waals surface area contributed by atoms with Gasteiger partial charge in [-0.2, -0.15) is 0 Å². The molecule has 2 N–H and O–H groups in total. The van der Waals surface area contributed by atoms with E-state index in [4.69, 9.17) is 4.74 Å². The molecule has 1 aliphatic rings. The topological polar surface area (TPSA) is 53.6 Å². The van der Waals surface area contributed by atoms with Gasteiger partial charge in [-0.15, -0.1) is 0 Å². The molecule has 2 rings (SSSR count). The first-order valence-electron chi connectivity index (χ1n) is 7.43. The molecule has 5 heteroatoms. The molecule has 1 atom stereocenters. The number of hydrogen-bond donors (Lipinski definition) is 2. The molecule has 0 aliphatic carbocycles. The van der Waals surface area contributed by atoms with Crippen LogP contribution in [0, 0.1) is 5.92 Å². The number of ether oxygens (including phenoxy) is 1. The molecular formula is C16H25N3O2. The van der Waals surface area contributed by atoms with Gasteiger partial charge < -0.3 is 20.3 Å². The van der Waals surface area contributed by atoms with E-state index in [1.54, 1.807) is 7.11 Å². The van der Waals surface area contributed by atoms with Crippen molar-refractivity contribution in [2.45, 2.75) is 19.4 Å². The molecule has 0 bridgehead atoms. The van der Waals surface area contributed by atoms with Crippen LogP contribution in [-0.4, -0.2) is 45.1 Å². The van der Waals surface area contributed by atoms with Gasteiger partial charge in [0.1, 0.15) is 5.75 Å². The summed E-state index contributed by atoms with van der Waals surface area (Å²) in [5.41, 5.74) is 1.91. The molecule has 0 saturated carbocycles. The number of methoxy groups -OCH3 is 1. The highest BCUT2D eigenvalue weighted by atomic mass is 16.5. The molecule has 116 valence electrons. The number of hydrogen-bond acceptors (Lipinski definition) is 4. The summed E-state index contributed by atoms with van der Waals surface area (Å²) in [6.07, 6.45) is 1.99. The van der Waals surface area contributed by atoms with Gasteiger partial charge in [-0.05, 0) is 51.2 Å². The molecule has 1 aromatic rings. The van der Waals surface area contributed by atoms with Crippen molar-refractivity contribution in [3.05, 3.63) is 23.8 Å². The molecule has 1 aromatic carbocycles. The lowest BCUT2D eigenvalue weighted by Crippen LogP contribution is -2.37. The zero-order valence-electron chi connectivity index (χ0n) is 13.1. The second-order valence-corrected chi connectivity index (χ2v) is 5.80. The zero-order valence-corrected chi connectivity index (χ0v) is 13.1. The fraction of sp³-hybridized carbons (Fsp3) is 0.562. The number of anilines is 1. The smallest absolute Gasteiger partial charge is 0.228 e. The molecular weight excluding hydrogens is 266 g/mol. The van der Waals surface area contributed by atoms with E-state index in [0.29, 0.717) is 5.75 Å². The zero-order chi connectivity index (χ0) is 15.2. The third kappa shape index (κ3) is 4.44. The van der Waals surface area contributed by atoms with E-state index >= 15 is 0 Å². The SMILES string of the molecule is COc1ccc(CN(C)C)cc1NC(=O)C1CCCNC1. The molecule has 1 heterocycles. The van der Waals surface area contributed by atoms with Crippen LogP contribution in [0.15, 0.2) is 18.2 Å². The molecule has 1 aliphatic heterocycles. The average Bonchev–Trinajstić information content (AvgIpc) is 2.48. The number of benzene rings is 1. The Kier molecular flexibility index (Phi) is 5.59. The van der Waals surface area contributed by atoms with Crippen molar-refractivity contribution in [2.75, 3.05) is 39.6 Å². The molecule has 1 saturated heterocycles. The van der Waals surface area contributed by atoms with E-state index in [0.717, 1.165) is 43.7 Å². The number of carbonyl (C=O) groups is 1. The standard InChI is InChI=1S/C16H25N3O2/c1-19(2)11-12-6-7-15(21-3)14(9-12)18-16(20)13-5-4-8-17-10-13/h6-7,9,13,17H,4-5,8,10-11H2,1-3H3,(H,18,20). The number of nitrogens with one attached hydrogen (secondary N) is 2. The van der Waals surface area contributed by atoms with Crippen molar-refractivity contribution >= 4 is 11.6 Å². The Bertz CT molecular complexity index is 482. The van der Waals surface area contributed by atoms with Crippen molar-refractivity contribution in [2.24, 2.45) is 5.92 Å². The van der Waals surface area contributed by atoms with Gasteiger partial charge in [-0.1, -0.05) is 6.07 Å². The first-order valence-corrected chi connectivity index (χ1v) is 7.43. The normalized spacial score (nSPS) is 18.6. The number of rotatable bonds is 5. The summed E-state index contributed by atoms with van der Waals surface area (Å²) in [5.74, 6) is 0.818. The second-order valence-electron chi connectivity index (χ2n) is 5.80. The van der Waals surface area contributed by atoms with E-state index in [-0.39, 0.29) is 11.8 Å². The molecule has 0 aromatic heterocycles. The Morgan fingerprint density at radius 2 is 2.29 bits per heavy atom. The van der Waals surface area contributed by atoms with E-state index in [1.165, 1.54) is 0 Å². The van der Waals surface area contributed by atoms with Crippen LogP contribution < -0.4 is 15.4 Å². The summed E-state index contributed by atoms with van der Waals surface area (Å²) in [6.45, 7) is 2.59. The Labute approximate surface area is 126 Å². The molecule has 21 heavy (non-hydrogen) atoms. The Morgan fingerprint density at radius 1 is 1.48 bits per heavy atom. The molecule has 0 spiro atoms. The predicted molar refractivity (Wildman–Crippen MR) is 84.6 cm³/mol. The van der Waals surface area contributed by atoms with Crippen LogP contribution in [0.2, 0.25) is 0 Å². The highest BCUT2D eigenvalue weighted by Crippen LogP contribution is 2.27. The molecule has 1 amide bonds. The van der Waals surface area contributed by atoms with Crippen LogP contribution in [0.1, 0.15) is 18.4 Å². The van der Waals surface area contributed by atoms with E-state index < -0.39 is 0 Å². The minimum Gasteiger partial charge on any atom is -0.495 e. The monoisotopic (exact) mass is 291 g/mol. The number of amides is 1. The third-order valence-electron chi connectivity index (χ3n) is 3.69. The van der Waals surface area contributed by atoms with Crippen molar-refractivity contribution in [3.8, 4) is 5.75 Å². The number of nitrogens with zero attached hydrogens (tertiary/aromatic N) is 1. The minimum absolute atomic E-state index is 0.0426.